The second kappa shape index (κ2) is 7.22. The van der Waals surface area contributed by atoms with Crippen LogP contribution in [0.5, 0.6) is 5.75 Å². The van der Waals surface area contributed by atoms with Crippen LogP contribution in [0.3, 0.4) is 0 Å². The smallest absolute Gasteiger partial charge is 0.422 e. The Bertz CT molecular complexity index is 424. The standard InChI is InChI=1S/C12H14Cl2F3NO/c1-2-3-18-6-8-4-9(13)5-10(14)11(8)19-7-12(15,16)17/h4-5,18H,2-3,6-7H2,1H3. The molecule has 1 N–H and O–H groups in total. The van der Waals surface area contributed by atoms with Crippen molar-refractivity contribution >= 4 is 23.2 Å². The van der Waals surface area contributed by atoms with Crippen molar-refractivity contribution in [2.45, 2.75) is 26.1 Å². The molecule has 108 valence electrons. The first-order valence-electron chi connectivity index (χ1n) is 5.71. The first-order chi connectivity index (χ1) is 8.83. The Morgan fingerprint density at radius 1 is 1.26 bits per heavy atom. The highest BCUT2D eigenvalue weighted by Crippen LogP contribution is 2.33. The summed E-state index contributed by atoms with van der Waals surface area (Å²) in [6.07, 6.45) is -3.50. The minimum Gasteiger partial charge on any atom is -0.482 e. The number of alkyl halides is 3. The van der Waals surface area contributed by atoms with Crippen LogP contribution in [-0.2, 0) is 6.54 Å². The van der Waals surface area contributed by atoms with Gasteiger partial charge in [-0.1, -0.05) is 30.1 Å². The zero-order chi connectivity index (χ0) is 14.5. The van der Waals surface area contributed by atoms with E-state index in [2.05, 4.69) is 5.32 Å². The van der Waals surface area contributed by atoms with Crippen LogP contribution in [0.25, 0.3) is 0 Å². The maximum Gasteiger partial charge on any atom is 0.422 e. The second-order valence-corrected chi connectivity index (χ2v) is 4.80. The Morgan fingerprint density at radius 3 is 2.53 bits per heavy atom. The van der Waals surface area contributed by atoms with Crippen molar-refractivity contribution in [3.05, 3.63) is 27.7 Å². The predicted molar refractivity (Wildman–Crippen MR) is 70.0 cm³/mol. The van der Waals surface area contributed by atoms with Crippen LogP contribution in [-0.4, -0.2) is 19.3 Å². The van der Waals surface area contributed by atoms with Gasteiger partial charge in [0.2, 0.25) is 0 Å². The highest BCUT2D eigenvalue weighted by molar-refractivity contribution is 6.35. The van der Waals surface area contributed by atoms with E-state index in [1.165, 1.54) is 6.07 Å². The molecule has 1 aromatic rings. The summed E-state index contributed by atoms with van der Waals surface area (Å²) in [6, 6.07) is 2.90. The molecule has 1 aromatic carbocycles. The number of ether oxygens (including phenoxy) is 1. The molecule has 0 saturated carbocycles. The zero-order valence-electron chi connectivity index (χ0n) is 10.3. The molecule has 0 aliphatic rings. The Morgan fingerprint density at radius 2 is 1.95 bits per heavy atom. The van der Waals surface area contributed by atoms with Gasteiger partial charge in [-0.3, -0.25) is 0 Å². The highest BCUT2D eigenvalue weighted by Gasteiger charge is 2.29. The Kier molecular flexibility index (Phi) is 6.23. The van der Waals surface area contributed by atoms with Crippen LogP contribution in [0, 0.1) is 0 Å². The molecule has 7 heteroatoms. The van der Waals surface area contributed by atoms with E-state index in [-0.39, 0.29) is 10.8 Å². The van der Waals surface area contributed by atoms with E-state index in [0.717, 1.165) is 13.0 Å². The maximum absolute atomic E-state index is 12.2. The van der Waals surface area contributed by atoms with Crippen LogP contribution in [0.2, 0.25) is 10.0 Å². The molecule has 1 rings (SSSR count). The molecule has 0 aliphatic carbocycles. The fourth-order valence-electron chi connectivity index (χ4n) is 1.46. The van der Waals surface area contributed by atoms with Crippen LogP contribution in [0.15, 0.2) is 12.1 Å². The number of halogens is 5. The van der Waals surface area contributed by atoms with E-state index < -0.39 is 12.8 Å². The van der Waals surface area contributed by atoms with Gasteiger partial charge in [0.15, 0.2) is 6.61 Å². The molecule has 19 heavy (non-hydrogen) atoms. The number of rotatable bonds is 6. The van der Waals surface area contributed by atoms with E-state index in [9.17, 15) is 13.2 Å². The number of benzene rings is 1. The summed E-state index contributed by atoms with van der Waals surface area (Å²) in [5.41, 5.74) is 0.509. The lowest BCUT2D eigenvalue weighted by atomic mass is 10.2. The highest BCUT2D eigenvalue weighted by atomic mass is 35.5. The molecule has 0 aliphatic heterocycles. The monoisotopic (exact) mass is 315 g/mol. The molecule has 0 saturated heterocycles. The van der Waals surface area contributed by atoms with E-state index >= 15 is 0 Å². The molecular weight excluding hydrogens is 302 g/mol. The molecule has 2 nitrogen and oxygen atoms in total. The van der Waals surface area contributed by atoms with Gasteiger partial charge in [0, 0.05) is 17.1 Å². The van der Waals surface area contributed by atoms with Crippen molar-refractivity contribution in [1.82, 2.24) is 5.32 Å². The lowest BCUT2D eigenvalue weighted by Gasteiger charge is -2.15. The van der Waals surface area contributed by atoms with Crippen LogP contribution < -0.4 is 10.1 Å². The van der Waals surface area contributed by atoms with Crippen molar-refractivity contribution in [2.24, 2.45) is 0 Å². The van der Waals surface area contributed by atoms with Gasteiger partial charge >= 0.3 is 6.18 Å². The zero-order valence-corrected chi connectivity index (χ0v) is 11.8. The molecule has 0 heterocycles. The molecule has 0 atom stereocenters. The third-order valence-electron chi connectivity index (χ3n) is 2.21. The average Bonchev–Trinajstić information content (AvgIpc) is 2.26. The van der Waals surface area contributed by atoms with Gasteiger partial charge in [0.25, 0.3) is 0 Å². The van der Waals surface area contributed by atoms with Gasteiger partial charge in [-0.15, -0.1) is 0 Å². The van der Waals surface area contributed by atoms with E-state index in [1.807, 2.05) is 6.92 Å². The Hall–Kier alpha value is -0.650. The largest absolute Gasteiger partial charge is 0.482 e. The first-order valence-corrected chi connectivity index (χ1v) is 6.47. The van der Waals surface area contributed by atoms with Crippen molar-refractivity contribution in [3.63, 3.8) is 0 Å². The van der Waals surface area contributed by atoms with Crippen molar-refractivity contribution in [2.75, 3.05) is 13.2 Å². The van der Waals surface area contributed by atoms with E-state index in [4.69, 9.17) is 27.9 Å². The Balaban J connectivity index is 2.86. The molecule has 0 aromatic heterocycles. The minimum atomic E-state index is -4.41. The van der Waals surface area contributed by atoms with Gasteiger partial charge < -0.3 is 10.1 Å². The molecule has 0 fully saturated rings. The summed E-state index contributed by atoms with van der Waals surface area (Å²) in [7, 11) is 0. The third kappa shape index (κ3) is 5.89. The number of hydrogen-bond donors (Lipinski definition) is 1. The number of nitrogens with one attached hydrogen (secondary N) is 1. The summed E-state index contributed by atoms with van der Waals surface area (Å²) in [5.74, 6) is 0.0204. The summed E-state index contributed by atoms with van der Waals surface area (Å²) in [6.45, 7) is 1.69. The topological polar surface area (TPSA) is 21.3 Å². The molecule has 0 radical (unpaired) electrons. The first kappa shape index (κ1) is 16.4. The summed E-state index contributed by atoms with van der Waals surface area (Å²) in [4.78, 5) is 0. The van der Waals surface area contributed by atoms with Crippen molar-refractivity contribution in [1.29, 1.82) is 0 Å². The van der Waals surface area contributed by atoms with Crippen molar-refractivity contribution < 1.29 is 17.9 Å². The molecule has 0 bridgehead atoms. The van der Waals surface area contributed by atoms with Crippen LogP contribution >= 0.6 is 23.2 Å². The second-order valence-electron chi connectivity index (χ2n) is 3.96. The summed E-state index contributed by atoms with van der Waals surface area (Å²) >= 11 is 11.7. The molecule has 0 amide bonds. The van der Waals surface area contributed by atoms with Gasteiger partial charge in [-0.05, 0) is 25.1 Å². The summed E-state index contributed by atoms with van der Waals surface area (Å²) in [5, 5.41) is 3.50. The summed E-state index contributed by atoms with van der Waals surface area (Å²) < 4.78 is 41.3. The lowest BCUT2D eigenvalue weighted by molar-refractivity contribution is -0.153. The number of hydrogen-bond acceptors (Lipinski definition) is 2. The van der Waals surface area contributed by atoms with Gasteiger partial charge in [-0.25, -0.2) is 0 Å². The fraction of sp³-hybridized carbons (Fsp3) is 0.500. The molecule has 0 unspecified atom stereocenters. The van der Waals surface area contributed by atoms with Gasteiger partial charge in [0.1, 0.15) is 5.75 Å². The average molecular weight is 316 g/mol. The van der Waals surface area contributed by atoms with Gasteiger partial charge in [0.05, 0.1) is 5.02 Å². The quantitative estimate of drug-likeness (QED) is 0.784. The minimum absolute atomic E-state index is 0.0204. The molecule has 0 spiro atoms. The SMILES string of the molecule is CCCNCc1cc(Cl)cc(Cl)c1OCC(F)(F)F. The normalized spacial score (nSPS) is 11.7. The van der Waals surface area contributed by atoms with Gasteiger partial charge in [-0.2, -0.15) is 13.2 Å². The Labute approximate surface area is 119 Å². The predicted octanol–water partition coefficient (Wildman–Crippen LogP) is 4.43. The van der Waals surface area contributed by atoms with Crippen LogP contribution in [0.4, 0.5) is 13.2 Å². The maximum atomic E-state index is 12.2. The van der Waals surface area contributed by atoms with E-state index in [1.54, 1.807) is 6.07 Å². The fourth-order valence-corrected chi connectivity index (χ4v) is 2.05. The van der Waals surface area contributed by atoms with Crippen LogP contribution in [0.1, 0.15) is 18.9 Å². The van der Waals surface area contributed by atoms with E-state index in [0.29, 0.717) is 17.1 Å². The lowest BCUT2D eigenvalue weighted by Crippen LogP contribution is -2.21. The molecular formula is C12H14Cl2F3NO. The van der Waals surface area contributed by atoms with Crippen molar-refractivity contribution in [3.8, 4) is 5.75 Å². The third-order valence-corrected chi connectivity index (χ3v) is 2.71.